The highest BCUT2D eigenvalue weighted by atomic mass is 35.5. The van der Waals surface area contributed by atoms with E-state index in [1.54, 1.807) is 0 Å². The second-order valence-electron chi connectivity index (χ2n) is 9.77. The number of β-lactam (4-membered cyclic amide) rings is 1. The minimum atomic E-state index is -1.40. The van der Waals surface area contributed by atoms with Crippen LogP contribution in [0.2, 0.25) is 4.34 Å². The monoisotopic (exact) mass is 653 g/mol. The Balaban J connectivity index is 1.49. The van der Waals surface area contributed by atoms with Crippen LogP contribution in [0.5, 0.6) is 0 Å². The van der Waals surface area contributed by atoms with Gasteiger partial charge >= 0.3 is 11.9 Å². The van der Waals surface area contributed by atoms with Gasteiger partial charge in [0.1, 0.15) is 27.1 Å². The number of nitrogens with one attached hydrogen (secondary N) is 2. The molecule has 0 aromatic carbocycles. The maximum atomic E-state index is 13.2. The summed E-state index contributed by atoms with van der Waals surface area (Å²) in [6.07, 6.45) is 3.03. The SMILES string of the molecule is C[C@H](N)CCNc1cc[n+](CC2=C(C(=O)O)N3C(=O)[C@@H](NC(=O)C(=NO[C@@H](C)C(=O)O)c4nc(N)sc4Cl)[C@H]3SC2)cc1. The summed E-state index contributed by atoms with van der Waals surface area (Å²) >= 11 is 8.30. The number of fused-ring (bicyclic) bond motifs is 1. The zero-order valence-corrected chi connectivity index (χ0v) is 25.4. The van der Waals surface area contributed by atoms with Crippen LogP contribution >= 0.6 is 34.7 Å². The number of carbonyl (C=O) groups excluding carboxylic acids is 2. The Bertz CT molecular complexity index is 1480. The number of hydrogen-bond acceptors (Lipinski definition) is 12. The van der Waals surface area contributed by atoms with E-state index in [-0.39, 0.29) is 33.4 Å². The first-order valence-electron chi connectivity index (χ1n) is 13.0. The van der Waals surface area contributed by atoms with Crippen molar-refractivity contribution in [3.05, 3.63) is 45.8 Å². The number of thiazole rings is 1. The van der Waals surface area contributed by atoms with E-state index < -0.39 is 47.0 Å². The molecule has 4 rings (SSSR count). The summed E-state index contributed by atoms with van der Waals surface area (Å²) in [6.45, 7) is 4.09. The van der Waals surface area contributed by atoms with Crippen molar-refractivity contribution < 1.29 is 38.8 Å². The van der Waals surface area contributed by atoms with Crippen molar-refractivity contribution in [2.75, 3.05) is 23.3 Å². The number of nitrogens with two attached hydrogens (primary N) is 2. The third-order valence-corrected chi connectivity index (χ3v) is 8.84. The minimum absolute atomic E-state index is 0.00112. The Morgan fingerprint density at radius 1 is 1.30 bits per heavy atom. The molecular formula is C25H30ClN8O7S2+. The molecule has 2 aromatic heterocycles. The number of aliphatic carboxylic acids is 2. The van der Waals surface area contributed by atoms with E-state index in [1.165, 1.54) is 18.7 Å². The molecule has 43 heavy (non-hydrogen) atoms. The van der Waals surface area contributed by atoms with E-state index in [0.717, 1.165) is 34.9 Å². The van der Waals surface area contributed by atoms with Crippen LogP contribution < -0.4 is 26.7 Å². The van der Waals surface area contributed by atoms with E-state index in [1.807, 2.05) is 36.0 Å². The Hall–Kier alpha value is -3.93. The third-order valence-electron chi connectivity index (χ3n) is 6.42. The van der Waals surface area contributed by atoms with Crippen LogP contribution in [0, 0.1) is 0 Å². The number of rotatable bonds is 13. The van der Waals surface area contributed by atoms with Crippen molar-refractivity contribution >= 4 is 75.0 Å². The largest absolute Gasteiger partial charge is 0.478 e. The maximum Gasteiger partial charge on any atom is 0.352 e. The van der Waals surface area contributed by atoms with E-state index in [9.17, 15) is 24.3 Å². The summed E-state index contributed by atoms with van der Waals surface area (Å²) in [7, 11) is 0. The van der Waals surface area contributed by atoms with Crippen LogP contribution in [0.15, 0.2) is 41.0 Å². The molecule has 2 aliphatic heterocycles. The lowest BCUT2D eigenvalue weighted by molar-refractivity contribution is -0.688. The van der Waals surface area contributed by atoms with Gasteiger partial charge in [-0.15, -0.1) is 11.8 Å². The number of nitrogen functional groups attached to an aromatic ring is 1. The second-order valence-corrected chi connectivity index (χ2v) is 12.5. The predicted octanol–water partition coefficient (Wildman–Crippen LogP) is 0.448. The number of pyridine rings is 1. The predicted molar refractivity (Wildman–Crippen MR) is 159 cm³/mol. The molecule has 0 bridgehead atoms. The Morgan fingerprint density at radius 3 is 2.58 bits per heavy atom. The van der Waals surface area contributed by atoms with Crippen LogP contribution in [-0.2, 0) is 30.6 Å². The first kappa shape index (κ1) is 32.0. The van der Waals surface area contributed by atoms with Gasteiger partial charge in [-0.2, -0.15) is 0 Å². The molecule has 0 saturated carbocycles. The van der Waals surface area contributed by atoms with E-state index >= 15 is 0 Å². The van der Waals surface area contributed by atoms with Gasteiger partial charge in [0.15, 0.2) is 29.8 Å². The van der Waals surface area contributed by atoms with Crippen molar-refractivity contribution in [2.24, 2.45) is 10.9 Å². The number of carboxylic acid groups (broad SMARTS) is 2. The molecule has 0 aliphatic carbocycles. The van der Waals surface area contributed by atoms with Gasteiger partial charge in [-0.1, -0.05) is 28.1 Å². The number of halogens is 1. The van der Waals surface area contributed by atoms with Crippen molar-refractivity contribution in [1.82, 2.24) is 15.2 Å². The lowest BCUT2D eigenvalue weighted by atomic mass is 10.0. The lowest BCUT2D eigenvalue weighted by Crippen LogP contribution is -2.71. The standard InChI is InChI=1S/C25H29ClN8O7S2/c1-11(27)3-6-29-14-4-7-33(8-5-14)9-13-10-42-22-17(21(36)34(22)18(13)24(39)40)30-20(35)16(32-41-12(2)23(37)38)15-19(26)43-25(28)31-15/h4-5,7-8,11-12,17,22H,3,6,9-10,27H2,1-2H3,(H5,28,30,31,35,37,38,39,40)/p+1/t11-,12-,17+,22+/m0/s1. The van der Waals surface area contributed by atoms with E-state index in [2.05, 4.69) is 20.8 Å². The molecule has 4 heterocycles. The van der Waals surface area contributed by atoms with Gasteiger partial charge in [-0.05, 0) is 20.3 Å². The molecule has 0 radical (unpaired) electrons. The molecule has 4 atom stereocenters. The average molecular weight is 654 g/mol. The summed E-state index contributed by atoms with van der Waals surface area (Å²) in [5, 5.41) is 27.9. The fraction of sp³-hybridized carbons (Fsp3) is 0.400. The van der Waals surface area contributed by atoms with Crippen LogP contribution in [0.25, 0.3) is 0 Å². The molecular weight excluding hydrogens is 624 g/mol. The summed E-state index contributed by atoms with van der Waals surface area (Å²) in [6, 6.07) is 2.71. The molecule has 0 spiro atoms. The number of thioether (sulfide) groups is 1. The Kier molecular flexibility index (Phi) is 10.1. The smallest absolute Gasteiger partial charge is 0.352 e. The molecule has 2 aliphatic rings. The van der Waals surface area contributed by atoms with Gasteiger partial charge in [0.05, 0.1) is 0 Å². The first-order valence-corrected chi connectivity index (χ1v) is 15.2. The minimum Gasteiger partial charge on any atom is -0.478 e. The van der Waals surface area contributed by atoms with Gasteiger partial charge in [0, 0.05) is 41.7 Å². The topological polar surface area (TPSA) is 226 Å². The Morgan fingerprint density at radius 2 is 2.00 bits per heavy atom. The van der Waals surface area contributed by atoms with E-state index in [4.69, 9.17) is 33.0 Å². The highest BCUT2D eigenvalue weighted by Gasteiger charge is 2.55. The molecule has 8 N–H and O–H groups in total. The maximum absolute atomic E-state index is 13.2. The van der Waals surface area contributed by atoms with Gasteiger partial charge < -0.3 is 37.2 Å². The second kappa shape index (κ2) is 13.6. The summed E-state index contributed by atoms with van der Waals surface area (Å²) in [5.41, 5.74) is 12.1. The highest BCUT2D eigenvalue weighted by molar-refractivity contribution is 8.00. The van der Waals surface area contributed by atoms with Crippen LogP contribution in [0.3, 0.4) is 0 Å². The molecule has 1 fully saturated rings. The van der Waals surface area contributed by atoms with Crippen LogP contribution in [-0.4, -0.2) is 85.4 Å². The van der Waals surface area contributed by atoms with Crippen LogP contribution in [0.4, 0.5) is 10.8 Å². The van der Waals surface area contributed by atoms with Gasteiger partial charge in [0.25, 0.3) is 11.8 Å². The number of nitrogens with zero attached hydrogens (tertiary/aromatic N) is 4. The van der Waals surface area contributed by atoms with Crippen molar-refractivity contribution in [1.29, 1.82) is 0 Å². The van der Waals surface area contributed by atoms with Crippen molar-refractivity contribution in [3.63, 3.8) is 0 Å². The normalized spacial score (nSPS) is 19.7. The molecule has 15 nitrogen and oxygen atoms in total. The number of anilines is 2. The summed E-state index contributed by atoms with van der Waals surface area (Å²) < 4.78 is 1.81. The van der Waals surface area contributed by atoms with Gasteiger partial charge in [-0.3, -0.25) is 14.5 Å². The zero-order valence-electron chi connectivity index (χ0n) is 23.0. The number of carboxylic acids is 2. The average Bonchev–Trinajstić information content (AvgIpc) is 3.28. The fourth-order valence-electron chi connectivity index (χ4n) is 4.19. The zero-order chi connectivity index (χ0) is 31.4. The van der Waals surface area contributed by atoms with Gasteiger partial charge in [-0.25, -0.2) is 19.1 Å². The number of hydrogen-bond donors (Lipinski definition) is 6. The van der Waals surface area contributed by atoms with Crippen LogP contribution in [0.1, 0.15) is 26.0 Å². The number of carbonyl (C=O) groups is 4. The molecule has 0 unspecified atom stereocenters. The molecule has 2 amide bonds. The van der Waals surface area contributed by atoms with E-state index in [0.29, 0.717) is 11.3 Å². The van der Waals surface area contributed by atoms with Crippen molar-refractivity contribution in [2.45, 2.75) is 50.4 Å². The Labute approximate surface area is 258 Å². The molecule has 2 aromatic rings. The summed E-state index contributed by atoms with van der Waals surface area (Å²) in [5.74, 6) is -3.88. The number of amides is 2. The van der Waals surface area contributed by atoms with Crippen molar-refractivity contribution in [3.8, 4) is 0 Å². The third kappa shape index (κ3) is 7.35. The van der Waals surface area contributed by atoms with Gasteiger partial charge in [0.2, 0.25) is 6.10 Å². The lowest BCUT2D eigenvalue weighted by Gasteiger charge is -2.49. The number of aromatic nitrogens is 2. The fourth-order valence-corrected chi connectivity index (χ4v) is 6.46. The first-order chi connectivity index (χ1) is 20.4. The highest BCUT2D eigenvalue weighted by Crippen LogP contribution is 2.40. The molecule has 18 heteroatoms. The quantitative estimate of drug-likeness (QED) is 0.0749. The molecule has 230 valence electrons. The number of oxime groups is 1. The molecule has 1 saturated heterocycles. The summed E-state index contributed by atoms with van der Waals surface area (Å²) in [4.78, 5) is 59.9.